The van der Waals surface area contributed by atoms with Crippen LogP contribution in [0.4, 0.5) is 5.69 Å². The maximum atomic E-state index is 14.3. The van der Waals surface area contributed by atoms with Crippen LogP contribution in [0.15, 0.2) is 97.1 Å². The van der Waals surface area contributed by atoms with Crippen LogP contribution in [0, 0.1) is 0 Å². The van der Waals surface area contributed by atoms with Gasteiger partial charge in [0.2, 0.25) is 0 Å². The fraction of sp³-hybridized carbons (Fsp3) is 0.282. The molecule has 0 atom stereocenters. The summed E-state index contributed by atoms with van der Waals surface area (Å²) in [5.74, 6) is -0.0797. The Morgan fingerprint density at radius 1 is 0.717 bits per heavy atom. The second-order valence-electron chi connectivity index (χ2n) is 12.8. The number of carbonyl (C=O) groups excluding carboxylic acids is 2. The molecule has 6 nitrogen and oxygen atoms in total. The third-order valence-corrected chi connectivity index (χ3v) is 10.5. The minimum absolute atomic E-state index is 0.0791. The number of hydrogen-bond acceptors (Lipinski definition) is 3. The summed E-state index contributed by atoms with van der Waals surface area (Å²) >= 11 is 6.89. The summed E-state index contributed by atoms with van der Waals surface area (Å²) in [5.41, 5.74) is 5.97. The Bertz CT molecular complexity index is 1950. The summed E-state index contributed by atoms with van der Waals surface area (Å²) in [6.45, 7) is 4.84. The molecule has 0 aliphatic carbocycles. The lowest BCUT2D eigenvalue weighted by molar-refractivity contribution is 0.0634. The average Bonchev–Trinajstić information content (AvgIpc) is 3.74. The van der Waals surface area contributed by atoms with Gasteiger partial charge in [-0.2, -0.15) is 0 Å². The Morgan fingerprint density at radius 2 is 1.48 bits per heavy atom. The Balaban J connectivity index is 1.07. The monoisotopic (exact) mass is 628 g/mol. The van der Waals surface area contributed by atoms with Crippen LogP contribution in [-0.4, -0.2) is 58.4 Å². The predicted octanol–water partition coefficient (Wildman–Crippen LogP) is 7.87. The molecule has 4 aromatic carbocycles. The van der Waals surface area contributed by atoms with E-state index in [9.17, 15) is 9.59 Å². The van der Waals surface area contributed by atoms with E-state index < -0.39 is 0 Å². The molecule has 2 amide bonds. The van der Waals surface area contributed by atoms with E-state index in [0.29, 0.717) is 35.4 Å². The van der Waals surface area contributed by atoms with Crippen molar-refractivity contribution in [2.45, 2.75) is 44.8 Å². The van der Waals surface area contributed by atoms with Gasteiger partial charge in [0, 0.05) is 30.5 Å². The second kappa shape index (κ2) is 12.1. The van der Waals surface area contributed by atoms with Crippen LogP contribution in [0.1, 0.15) is 57.8 Å². The molecule has 46 heavy (non-hydrogen) atoms. The lowest BCUT2D eigenvalue weighted by Gasteiger charge is -2.36. The number of nitrogens with zero attached hydrogens (tertiary/aromatic N) is 4. The van der Waals surface area contributed by atoms with Gasteiger partial charge < -0.3 is 19.3 Å². The van der Waals surface area contributed by atoms with E-state index in [1.807, 2.05) is 82.6 Å². The molecule has 0 radical (unpaired) electrons. The van der Waals surface area contributed by atoms with Crippen molar-refractivity contribution < 1.29 is 9.59 Å². The van der Waals surface area contributed by atoms with Crippen LogP contribution in [-0.2, 0) is 13.1 Å². The summed E-state index contributed by atoms with van der Waals surface area (Å²) < 4.78 is 2.10. The molecule has 2 saturated heterocycles. The van der Waals surface area contributed by atoms with Gasteiger partial charge in [-0.1, -0.05) is 78.3 Å². The molecule has 1 aromatic heterocycles. The number of rotatable bonds is 4. The normalized spacial score (nSPS) is 17.2. The number of carbonyl (C=O) groups is 2. The molecule has 0 N–H and O–H groups in total. The first-order valence-electron chi connectivity index (χ1n) is 16.4. The standard InChI is InChI=1S/C39H37ClN4O2/c40-35-24-28(33-12-7-10-27-8-1-3-11-32(27)33)14-16-34(35)38(45)44-26-31-15-17-37(43(31)25-29-9-2-4-13-36(29)44)39(46)42-22-18-30(19-23-42)41-20-5-6-21-41/h1-4,7-17,24,30H,5-6,18-23,25-26H2. The number of benzene rings is 4. The van der Waals surface area contributed by atoms with Crippen molar-refractivity contribution in [2.75, 3.05) is 31.1 Å². The average molecular weight is 629 g/mol. The predicted molar refractivity (Wildman–Crippen MR) is 185 cm³/mol. The van der Waals surface area contributed by atoms with E-state index in [1.165, 1.54) is 25.9 Å². The Labute approximate surface area is 274 Å². The van der Waals surface area contributed by atoms with Crippen molar-refractivity contribution in [2.24, 2.45) is 0 Å². The Morgan fingerprint density at radius 3 is 2.30 bits per heavy atom. The van der Waals surface area contributed by atoms with Gasteiger partial charge in [0.15, 0.2) is 0 Å². The first-order chi connectivity index (χ1) is 22.5. The number of fused-ring (bicyclic) bond motifs is 3. The van der Waals surface area contributed by atoms with Crippen LogP contribution in [0.2, 0.25) is 5.02 Å². The van der Waals surface area contributed by atoms with Crippen molar-refractivity contribution in [3.8, 4) is 11.1 Å². The van der Waals surface area contributed by atoms with Gasteiger partial charge in [-0.3, -0.25) is 9.59 Å². The van der Waals surface area contributed by atoms with Gasteiger partial charge >= 0.3 is 0 Å². The molecule has 3 aliphatic rings. The maximum Gasteiger partial charge on any atom is 0.270 e. The zero-order valence-electron chi connectivity index (χ0n) is 25.9. The van der Waals surface area contributed by atoms with Gasteiger partial charge in [0.1, 0.15) is 5.69 Å². The lowest BCUT2D eigenvalue weighted by atomic mass is 9.97. The zero-order valence-corrected chi connectivity index (χ0v) is 26.6. The van der Waals surface area contributed by atoms with Crippen molar-refractivity contribution in [1.82, 2.24) is 14.4 Å². The number of amides is 2. The summed E-state index contributed by atoms with van der Waals surface area (Å²) in [5, 5.41) is 2.72. The molecule has 5 aromatic rings. The Hall–Kier alpha value is -4.39. The maximum absolute atomic E-state index is 14.3. The van der Waals surface area contributed by atoms with E-state index in [2.05, 4.69) is 33.7 Å². The van der Waals surface area contributed by atoms with Gasteiger partial charge in [0.25, 0.3) is 11.8 Å². The van der Waals surface area contributed by atoms with Crippen LogP contribution in [0.3, 0.4) is 0 Å². The first-order valence-corrected chi connectivity index (χ1v) is 16.8. The summed E-state index contributed by atoms with van der Waals surface area (Å²) in [4.78, 5) is 34.6. The molecule has 0 unspecified atom stereocenters. The van der Waals surface area contributed by atoms with Crippen LogP contribution < -0.4 is 4.90 Å². The molecule has 4 heterocycles. The number of aromatic nitrogens is 1. The topological polar surface area (TPSA) is 48.8 Å². The number of para-hydroxylation sites is 1. The molecule has 8 rings (SSSR count). The highest BCUT2D eigenvalue weighted by molar-refractivity contribution is 6.35. The largest absolute Gasteiger partial charge is 0.337 e. The number of anilines is 1. The molecular weight excluding hydrogens is 592 g/mol. The smallest absolute Gasteiger partial charge is 0.270 e. The fourth-order valence-electron chi connectivity index (χ4n) is 7.71. The van der Waals surface area contributed by atoms with E-state index in [4.69, 9.17) is 11.6 Å². The number of hydrogen-bond donors (Lipinski definition) is 0. The van der Waals surface area contributed by atoms with Crippen molar-refractivity contribution >= 4 is 39.9 Å². The van der Waals surface area contributed by atoms with E-state index in [1.54, 1.807) is 0 Å². The molecule has 232 valence electrons. The number of likely N-dealkylation sites (tertiary alicyclic amines) is 2. The molecule has 0 spiro atoms. The van der Waals surface area contributed by atoms with Crippen LogP contribution in [0.25, 0.3) is 21.9 Å². The highest BCUT2D eigenvalue weighted by Crippen LogP contribution is 2.35. The zero-order chi connectivity index (χ0) is 31.2. The fourth-order valence-corrected chi connectivity index (χ4v) is 7.97. The van der Waals surface area contributed by atoms with Crippen LogP contribution in [0.5, 0.6) is 0 Å². The first kappa shape index (κ1) is 29.0. The summed E-state index contributed by atoms with van der Waals surface area (Å²) in [7, 11) is 0. The molecular formula is C39H37ClN4O2. The highest BCUT2D eigenvalue weighted by Gasteiger charge is 2.32. The molecule has 0 bridgehead atoms. The van der Waals surface area contributed by atoms with Gasteiger partial charge in [-0.05, 0) is 96.6 Å². The minimum Gasteiger partial charge on any atom is -0.337 e. The van der Waals surface area contributed by atoms with E-state index >= 15 is 0 Å². The third-order valence-electron chi connectivity index (χ3n) is 10.2. The van der Waals surface area contributed by atoms with Crippen LogP contribution >= 0.6 is 11.6 Å². The van der Waals surface area contributed by atoms with Gasteiger partial charge in [0.05, 0.1) is 23.7 Å². The number of halogens is 1. The minimum atomic E-state index is -0.159. The summed E-state index contributed by atoms with van der Waals surface area (Å²) in [6, 6.07) is 32.7. The van der Waals surface area contributed by atoms with Crippen molar-refractivity contribution in [3.05, 3.63) is 125 Å². The molecule has 0 saturated carbocycles. The quantitative estimate of drug-likeness (QED) is 0.204. The lowest BCUT2D eigenvalue weighted by Crippen LogP contribution is -2.46. The highest BCUT2D eigenvalue weighted by atomic mass is 35.5. The van der Waals surface area contributed by atoms with Gasteiger partial charge in [-0.15, -0.1) is 0 Å². The van der Waals surface area contributed by atoms with Crippen molar-refractivity contribution in [3.63, 3.8) is 0 Å². The van der Waals surface area contributed by atoms with E-state index in [-0.39, 0.29) is 11.8 Å². The molecule has 3 aliphatic heterocycles. The second-order valence-corrected chi connectivity index (χ2v) is 13.2. The van der Waals surface area contributed by atoms with Gasteiger partial charge in [-0.25, -0.2) is 0 Å². The van der Waals surface area contributed by atoms with Crippen molar-refractivity contribution in [1.29, 1.82) is 0 Å². The summed E-state index contributed by atoms with van der Waals surface area (Å²) in [6.07, 6.45) is 4.65. The number of piperidine rings is 1. The Kier molecular flexibility index (Phi) is 7.63. The third kappa shape index (κ3) is 5.20. The van der Waals surface area contributed by atoms with E-state index in [0.717, 1.165) is 64.8 Å². The molecule has 7 heteroatoms. The molecule has 2 fully saturated rings. The SMILES string of the molecule is O=C(c1ccc2n1Cc1ccccc1N(C(=O)c1ccc(-c3cccc4ccccc34)cc1Cl)C2)N1CCC(N2CCCC2)CC1.